The second kappa shape index (κ2) is 10.1. The van der Waals surface area contributed by atoms with Gasteiger partial charge in [-0.1, -0.05) is 0 Å². The molecule has 4 nitrogen and oxygen atoms in total. The van der Waals surface area contributed by atoms with Crippen LogP contribution < -0.4 is 5.32 Å². The third kappa shape index (κ3) is 8.00. The standard InChI is InChI=1S/C12H26N2O2S/c15-7-3-8-17-9-4-13-10-12(16)11-14-5-1-2-6-14/h12-13,15-16H,1-11H2. The van der Waals surface area contributed by atoms with E-state index in [0.29, 0.717) is 6.54 Å². The van der Waals surface area contributed by atoms with Gasteiger partial charge in [0.05, 0.1) is 6.10 Å². The number of aliphatic hydroxyl groups is 2. The molecule has 0 bridgehead atoms. The van der Waals surface area contributed by atoms with E-state index in [0.717, 1.165) is 44.1 Å². The average molecular weight is 262 g/mol. The molecular weight excluding hydrogens is 236 g/mol. The van der Waals surface area contributed by atoms with Gasteiger partial charge in [0.2, 0.25) is 0 Å². The van der Waals surface area contributed by atoms with Gasteiger partial charge >= 0.3 is 0 Å². The maximum Gasteiger partial charge on any atom is 0.0791 e. The monoisotopic (exact) mass is 262 g/mol. The first-order valence-electron chi connectivity index (χ1n) is 6.62. The van der Waals surface area contributed by atoms with Gasteiger partial charge in [0.25, 0.3) is 0 Å². The first-order valence-corrected chi connectivity index (χ1v) is 7.78. The topological polar surface area (TPSA) is 55.7 Å². The summed E-state index contributed by atoms with van der Waals surface area (Å²) in [6.45, 7) is 5.02. The van der Waals surface area contributed by atoms with Crippen molar-refractivity contribution in [1.29, 1.82) is 0 Å². The molecule has 0 aromatic carbocycles. The molecule has 5 heteroatoms. The fraction of sp³-hybridized carbons (Fsp3) is 1.00. The van der Waals surface area contributed by atoms with Crippen LogP contribution in [-0.4, -0.2) is 72.1 Å². The van der Waals surface area contributed by atoms with E-state index in [1.807, 2.05) is 11.8 Å². The Bertz CT molecular complexity index is 178. The van der Waals surface area contributed by atoms with Crippen molar-refractivity contribution in [1.82, 2.24) is 10.2 Å². The number of likely N-dealkylation sites (tertiary alicyclic amines) is 1. The molecule has 1 unspecified atom stereocenters. The largest absolute Gasteiger partial charge is 0.396 e. The predicted octanol–water partition coefficient (Wildman–Crippen LogP) is 0.148. The highest BCUT2D eigenvalue weighted by molar-refractivity contribution is 7.99. The van der Waals surface area contributed by atoms with Crippen LogP contribution in [0.4, 0.5) is 0 Å². The number of hydrogen-bond acceptors (Lipinski definition) is 5. The second-order valence-corrected chi connectivity index (χ2v) is 5.78. The van der Waals surface area contributed by atoms with E-state index < -0.39 is 0 Å². The lowest BCUT2D eigenvalue weighted by Crippen LogP contribution is -2.37. The van der Waals surface area contributed by atoms with Crippen molar-refractivity contribution < 1.29 is 10.2 Å². The quantitative estimate of drug-likeness (QED) is 0.489. The van der Waals surface area contributed by atoms with Crippen LogP contribution in [0, 0.1) is 0 Å². The zero-order valence-corrected chi connectivity index (χ0v) is 11.4. The molecular formula is C12H26N2O2S. The van der Waals surface area contributed by atoms with Gasteiger partial charge in [-0.2, -0.15) is 11.8 Å². The molecule has 1 heterocycles. The lowest BCUT2D eigenvalue weighted by Gasteiger charge is -2.19. The lowest BCUT2D eigenvalue weighted by atomic mass is 10.3. The Labute approximate surface area is 109 Å². The second-order valence-electron chi connectivity index (χ2n) is 4.56. The molecule has 0 saturated carbocycles. The molecule has 1 aliphatic heterocycles. The van der Waals surface area contributed by atoms with Crippen molar-refractivity contribution in [3.05, 3.63) is 0 Å². The fourth-order valence-electron chi connectivity index (χ4n) is 2.01. The Morgan fingerprint density at radius 1 is 1.24 bits per heavy atom. The van der Waals surface area contributed by atoms with Crippen LogP contribution in [-0.2, 0) is 0 Å². The van der Waals surface area contributed by atoms with Gasteiger partial charge < -0.3 is 20.4 Å². The highest BCUT2D eigenvalue weighted by atomic mass is 32.2. The van der Waals surface area contributed by atoms with Gasteiger partial charge in [0.1, 0.15) is 0 Å². The average Bonchev–Trinajstić information content (AvgIpc) is 2.80. The van der Waals surface area contributed by atoms with Crippen LogP contribution >= 0.6 is 11.8 Å². The van der Waals surface area contributed by atoms with Crippen molar-refractivity contribution in [2.45, 2.75) is 25.4 Å². The normalized spacial score (nSPS) is 18.7. The number of nitrogens with one attached hydrogen (secondary N) is 1. The minimum absolute atomic E-state index is 0.240. The molecule has 0 radical (unpaired) electrons. The highest BCUT2D eigenvalue weighted by Crippen LogP contribution is 2.07. The molecule has 0 aromatic rings. The molecule has 0 aromatic heterocycles. The Morgan fingerprint density at radius 2 is 2.00 bits per heavy atom. The maximum absolute atomic E-state index is 9.81. The smallest absolute Gasteiger partial charge is 0.0791 e. The van der Waals surface area contributed by atoms with Crippen LogP contribution in [0.2, 0.25) is 0 Å². The van der Waals surface area contributed by atoms with Crippen LogP contribution in [0.25, 0.3) is 0 Å². The number of β-amino-alcohol motifs (C(OH)–C–C–N with tert-alkyl or cyclic N) is 1. The molecule has 1 saturated heterocycles. The maximum atomic E-state index is 9.81. The molecule has 17 heavy (non-hydrogen) atoms. The van der Waals surface area contributed by atoms with Crippen molar-refractivity contribution in [2.24, 2.45) is 0 Å². The number of rotatable bonds is 10. The van der Waals surface area contributed by atoms with E-state index in [4.69, 9.17) is 5.11 Å². The third-order valence-electron chi connectivity index (χ3n) is 2.92. The number of nitrogens with zero attached hydrogens (tertiary/aromatic N) is 1. The Balaban J connectivity index is 1.84. The number of aliphatic hydroxyl groups excluding tert-OH is 2. The molecule has 0 spiro atoms. The summed E-state index contributed by atoms with van der Waals surface area (Å²) in [5.74, 6) is 2.07. The van der Waals surface area contributed by atoms with Crippen molar-refractivity contribution in [3.63, 3.8) is 0 Å². The third-order valence-corrected chi connectivity index (χ3v) is 3.99. The minimum atomic E-state index is -0.240. The first kappa shape index (κ1) is 15.2. The zero-order valence-electron chi connectivity index (χ0n) is 10.6. The van der Waals surface area contributed by atoms with Gasteiger partial charge in [-0.25, -0.2) is 0 Å². The van der Waals surface area contributed by atoms with Gasteiger partial charge in [0, 0.05) is 32.0 Å². The minimum Gasteiger partial charge on any atom is -0.396 e. The van der Waals surface area contributed by atoms with Crippen molar-refractivity contribution >= 4 is 11.8 Å². The zero-order chi connectivity index (χ0) is 12.3. The first-order chi connectivity index (χ1) is 8.33. The summed E-state index contributed by atoms with van der Waals surface area (Å²) in [4.78, 5) is 2.34. The fourth-order valence-corrected chi connectivity index (χ4v) is 2.84. The van der Waals surface area contributed by atoms with E-state index in [9.17, 15) is 5.11 Å². The predicted molar refractivity (Wildman–Crippen MR) is 73.6 cm³/mol. The van der Waals surface area contributed by atoms with Crippen LogP contribution in [0.5, 0.6) is 0 Å². The van der Waals surface area contributed by atoms with Crippen molar-refractivity contribution in [3.8, 4) is 0 Å². The molecule has 1 aliphatic rings. The lowest BCUT2D eigenvalue weighted by molar-refractivity contribution is 0.124. The summed E-state index contributed by atoms with van der Waals surface area (Å²) in [7, 11) is 0. The van der Waals surface area contributed by atoms with Crippen LogP contribution in [0.15, 0.2) is 0 Å². The number of hydrogen-bond donors (Lipinski definition) is 3. The van der Waals surface area contributed by atoms with E-state index in [2.05, 4.69) is 10.2 Å². The van der Waals surface area contributed by atoms with Crippen LogP contribution in [0.1, 0.15) is 19.3 Å². The Kier molecular flexibility index (Phi) is 9.10. The number of thioether (sulfide) groups is 1. The summed E-state index contributed by atoms with van der Waals surface area (Å²) in [5, 5.41) is 21.7. The van der Waals surface area contributed by atoms with E-state index >= 15 is 0 Å². The molecule has 0 aliphatic carbocycles. The van der Waals surface area contributed by atoms with E-state index in [-0.39, 0.29) is 12.7 Å². The molecule has 1 fully saturated rings. The molecule has 102 valence electrons. The Morgan fingerprint density at radius 3 is 2.71 bits per heavy atom. The highest BCUT2D eigenvalue weighted by Gasteiger charge is 2.14. The molecule has 1 rings (SSSR count). The summed E-state index contributed by atoms with van der Waals surface area (Å²) in [6, 6.07) is 0. The summed E-state index contributed by atoms with van der Waals surface area (Å²) < 4.78 is 0. The summed E-state index contributed by atoms with van der Waals surface area (Å²) >= 11 is 1.85. The van der Waals surface area contributed by atoms with E-state index in [1.54, 1.807) is 0 Å². The summed E-state index contributed by atoms with van der Waals surface area (Å²) in [6.07, 6.45) is 3.20. The molecule has 1 atom stereocenters. The van der Waals surface area contributed by atoms with Gasteiger partial charge in [-0.05, 0) is 38.1 Å². The molecule has 3 N–H and O–H groups in total. The van der Waals surface area contributed by atoms with Gasteiger partial charge in [-0.3, -0.25) is 0 Å². The van der Waals surface area contributed by atoms with Crippen LogP contribution in [0.3, 0.4) is 0 Å². The summed E-state index contributed by atoms with van der Waals surface area (Å²) in [5.41, 5.74) is 0. The van der Waals surface area contributed by atoms with Crippen molar-refractivity contribution in [2.75, 3.05) is 50.8 Å². The van der Waals surface area contributed by atoms with Gasteiger partial charge in [0.15, 0.2) is 0 Å². The Hall–Kier alpha value is 0.190. The van der Waals surface area contributed by atoms with E-state index in [1.165, 1.54) is 12.8 Å². The SMILES string of the molecule is OCCCSCCNCC(O)CN1CCCC1. The van der Waals surface area contributed by atoms with Gasteiger partial charge in [-0.15, -0.1) is 0 Å². The molecule has 0 amide bonds.